The third-order valence-corrected chi connectivity index (χ3v) is 3.75. The molecule has 19 heavy (non-hydrogen) atoms. The Morgan fingerprint density at radius 2 is 2.05 bits per heavy atom. The number of Topliss-reactive ketones (excluding diaryl/α,β-unsaturated/α-hetero) is 1. The summed E-state index contributed by atoms with van der Waals surface area (Å²) in [5.74, 6) is 0.806. The summed E-state index contributed by atoms with van der Waals surface area (Å²) in [6, 6.07) is 7.46. The van der Waals surface area contributed by atoms with Crippen LogP contribution < -0.4 is 4.74 Å². The van der Waals surface area contributed by atoms with Crippen LogP contribution in [0.15, 0.2) is 24.3 Å². The van der Waals surface area contributed by atoms with Crippen LogP contribution >= 0.6 is 0 Å². The van der Waals surface area contributed by atoms with E-state index in [9.17, 15) is 9.59 Å². The molecular formula is C15H19NO3. The molecule has 0 atom stereocenters. The smallest absolute Gasteiger partial charge is 0.227 e. The van der Waals surface area contributed by atoms with Crippen LogP contribution in [0.4, 0.5) is 0 Å². The van der Waals surface area contributed by atoms with Gasteiger partial charge in [-0.3, -0.25) is 9.59 Å². The largest absolute Gasteiger partial charge is 0.496 e. The van der Waals surface area contributed by atoms with E-state index >= 15 is 0 Å². The minimum atomic E-state index is -0.681. The zero-order valence-corrected chi connectivity index (χ0v) is 11.6. The molecule has 1 aromatic carbocycles. The molecule has 0 saturated carbocycles. The molecule has 0 N–H and O–H groups in total. The summed E-state index contributed by atoms with van der Waals surface area (Å²) < 4.78 is 5.24. The number of para-hydroxylation sites is 1. The summed E-state index contributed by atoms with van der Waals surface area (Å²) in [7, 11) is 1.59. The molecule has 1 fully saturated rings. The van der Waals surface area contributed by atoms with Gasteiger partial charge in [0.2, 0.25) is 5.91 Å². The molecule has 1 aliphatic heterocycles. The fourth-order valence-electron chi connectivity index (χ4n) is 2.49. The van der Waals surface area contributed by atoms with Gasteiger partial charge in [-0.05, 0) is 19.9 Å². The van der Waals surface area contributed by atoms with E-state index in [1.54, 1.807) is 12.0 Å². The van der Waals surface area contributed by atoms with Gasteiger partial charge in [0.05, 0.1) is 19.1 Å². The van der Waals surface area contributed by atoms with Gasteiger partial charge in [-0.15, -0.1) is 0 Å². The number of benzene rings is 1. The quantitative estimate of drug-likeness (QED) is 0.833. The van der Waals surface area contributed by atoms with Gasteiger partial charge in [-0.2, -0.15) is 0 Å². The van der Waals surface area contributed by atoms with Crippen molar-refractivity contribution >= 4 is 11.7 Å². The summed E-state index contributed by atoms with van der Waals surface area (Å²) >= 11 is 0. The minimum Gasteiger partial charge on any atom is -0.496 e. The van der Waals surface area contributed by atoms with E-state index < -0.39 is 5.54 Å². The van der Waals surface area contributed by atoms with Gasteiger partial charge in [0, 0.05) is 18.5 Å². The molecule has 0 aromatic heterocycles. The minimum absolute atomic E-state index is 0.0275. The Kier molecular flexibility index (Phi) is 3.60. The molecule has 1 saturated heterocycles. The first-order valence-electron chi connectivity index (χ1n) is 6.42. The number of hydrogen-bond acceptors (Lipinski definition) is 3. The summed E-state index contributed by atoms with van der Waals surface area (Å²) in [6.07, 6.45) is 0.714. The second-order valence-corrected chi connectivity index (χ2v) is 5.27. The number of nitrogens with zero attached hydrogens (tertiary/aromatic N) is 1. The molecule has 2 rings (SSSR count). The molecular weight excluding hydrogens is 242 g/mol. The normalized spacial score (nSPS) is 17.6. The van der Waals surface area contributed by atoms with Gasteiger partial charge in [0.25, 0.3) is 0 Å². The van der Waals surface area contributed by atoms with Crippen molar-refractivity contribution in [3.63, 3.8) is 0 Å². The maximum absolute atomic E-state index is 12.4. The van der Waals surface area contributed by atoms with E-state index in [-0.39, 0.29) is 18.1 Å². The van der Waals surface area contributed by atoms with Gasteiger partial charge in [-0.25, -0.2) is 0 Å². The Hall–Kier alpha value is -1.84. The van der Waals surface area contributed by atoms with Gasteiger partial charge < -0.3 is 9.64 Å². The SMILES string of the molecule is COc1ccccc1CC(=O)N1CCC(=O)C1(C)C. The molecule has 4 nitrogen and oxygen atoms in total. The molecule has 0 bridgehead atoms. The van der Waals surface area contributed by atoms with Crippen LogP contribution in [0.1, 0.15) is 25.8 Å². The highest BCUT2D eigenvalue weighted by Crippen LogP contribution is 2.27. The van der Waals surface area contributed by atoms with Crippen LogP contribution in [0, 0.1) is 0 Å². The van der Waals surface area contributed by atoms with E-state index in [1.165, 1.54) is 0 Å². The van der Waals surface area contributed by atoms with Crippen LogP contribution in [-0.2, 0) is 16.0 Å². The highest BCUT2D eigenvalue weighted by Gasteiger charge is 2.42. The highest BCUT2D eigenvalue weighted by molar-refractivity contribution is 5.95. The molecule has 1 aliphatic rings. The molecule has 0 spiro atoms. The molecule has 1 amide bonds. The lowest BCUT2D eigenvalue weighted by molar-refractivity contribution is -0.138. The number of ether oxygens (including phenoxy) is 1. The number of methoxy groups -OCH3 is 1. The molecule has 0 radical (unpaired) electrons. The first kappa shape index (κ1) is 13.6. The lowest BCUT2D eigenvalue weighted by Crippen LogP contribution is -2.47. The van der Waals surface area contributed by atoms with E-state index in [4.69, 9.17) is 4.74 Å². The second kappa shape index (κ2) is 5.03. The van der Waals surface area contributed by atoms with Crippen molar-refractivity contribution in [3.8, 4) is 5.75 Å². The summed E-state index contributed by atoms with van der Waals surface area (Å²) in [4.78, 5) is 25.8. The Morgan fingerprint density at radius 1 is 1.37 bits per heavy atom. The average Bonchev–Trinajstić information content (AvgIpc) is 2.65. The molecule has 102 valence electrons. The van der Waals surface area contributed by atoms with Crippen molar-refractivity contribution in [1.82, 2.24) is 4.90 Å². The van der Waals surface area contributed by atoms with Crippen LogP contribution in [-0.4, -0.2) is 35.8 Å². The zero-order chi connectivity index (χ0) is 14.0. The third-order valence-electron chi connectivity index (χ3n) is 3.75. The number of carbonyl (C=O) groups excluding carboxylic acids is 2. The molecule has 1 aromatic rings. The zero-order valence-electron chi connectivity index (χ0n) is 11.6. The Labute approximate surface area is 113 Å². The number of ketones is 1. The standard InChI is InChI=1S/C15H19NO3/c1-15(2)13(17)8-9-16(15)14(18)10-11-6-4-5-7-12(11)19-3/h4-7H,8-10H2,1-3H3. The van der Waals surface area contributed by atoms with Gasteiger partial charge in [-0.1, -0.05) is 18.2 Å². The number of likely N-dealkylation sites (tertiary alicyclic amines) is 1. The van der Waals surface area contributed by atoms with Crippen molar-refractivity contribution < 1.29 is 14.3 Å². The van der Waals surface area contributed by atoms with Gasteiger partial charge in [0.1, 0.15) is 5.75 Å². The summed E-state index contributed by atoms with van der Waals surface area (Å²) in [5, 5.41) is 0. The number of rotatable bonds is 3. The van der Waals surface area contributed by atoms with E-state index in [2.05, 4.69) is 0 Å². The predicted octanol–water partition coefficient (Wildman–Crippen LogP) is 1.82. The fourth-order valence-corrected chi connectivity index (χ4v) is 2.49. The van der Waals surface area contributed by atoms with Gasteiger partial charge >= 0.3 is 0 Å². The van der Waals surface area contributed by atoms with Crippen LogP contribution in [0.25, 0.3) is 0 Å². The topological polar surface area (TPSA) is 46.6 Å². The maximum Gasteiger partial charge on any atom is 0.227 e. The fraction of sp³-hybridized carbons (Fsp3) is 0.467. The van der Waals surface area contributed by atoms with Crippen LogP contribution in [0.2, 0.25) is 0 Å². The Morgan fingerprint density at radius 3 is 2.63 bits per heavy atom. The predicted molar refractivity (Wildman–Crippen MR) is 72.1 cm³/mol. The summed E-state index contributed by atoms with van der Waals surface area (Å²) in [6.45, 7) is 4.13. The second-order valence-electron chi connectivity index (χ2n) is 5.27. The molecule has 4 heteroatoms. The Balaban J connectivity index is 2.16. The molecule has 0 unspecified atom stereocenters. The average molecular weight is 261 g/mol. The number of amides is 1. The summed E-state index contributed by atoms with van der Waals surface area (Å²) in [5.41, 5.74) is 0.171. The van der Waals surface area contributed by atoms with E-state index in [0.29, 0.717) is 18.7 Å². The van der Waals surface area contributed by atoms with Crippen LogP contribution in [0.5, 0.6) is 5.75 Å². The monoisotopic (exact) mass is 261 g/mol. The highest BCUT2D eigenvalue weighted by atomic mass is 16.5. The van der Waals surface area contributed by atoms with Crippen molar-refractivity contribution in [2.75, 3.05) is 13.7 Å². The maximum atomic E-state index is 12.4. The number of carbonyl (C=O) groups is 2. The third kappa shape index (κ3) is 2.48. The van der Waals surface area contributed by atoms with Crippen molar-refractivity contribution in [1.29, 1.82) is 0 Å². The lowest BCUT2D eigenvalue weighted by atomic mass is 10.00. The van der Waals surface area contributed by atoms with Crippen molar-refractivity contribution in [2.24, 2.45) is 0 Å². The van der Waals surface area contributed by atoms with Crippen molar-refractivity contribution in [2.45, 2.75) is 32.2 Å². The number of hydrogen-bond donors (Lipinski definition) is 0. The van der Waals surface area contributed by atoms with E-state index in [1.807, 2.05) is 38.1 Å². The van der Waals surface area contributed by atoms with E-state index in [0.717, 1.165) is 5.56 Å². The molecule has 1 heterocycles. The first-order valence-corrected chi connectivity index (χ1v) is 6.42. The van der Waals surface area contributed by atoms with Crippen LogP contribution in [0.3, 0.4) is 0 Å². The van der Waals surface area contributed by atoms with Crippen molar-refractivity contribution in [3.05, 3.63) is 29.8 Å². The first-order chi connectivity index (χ1) is 8.96. The Bertz CT molecular complexity index is 508. The van der Waals surface area contributed by atoms with Gasteiger partial charge in [0.15, 0.2) is 5.78 Å². The lowest BCUT2D eigenvalue weighted by Gasteiger charge is -2.30. The molecule has 0 aliphatic carbocycles.